The highest BCUT2D eigenvalue weighted by Crippen LogP contribution is 2.30. The lowest BCUT2D eigenvalue weighted by Gasteiger charge is -2.12. The zero-order valence-electron chi connectivity index (χ0n) is 15.0. The zero-order chi connectivity index (χ0) is 20.7. The lowest BCUT2D eigenvalue weighted by Crippen LogP contribution is -2.18. The van der Waals surface area contributed by atoms with Crippen molar-refractivity contribution >= 4 is 52.2 Å². The standard InChI is InChI=1S/C18H17NO7S2/c1-10(16-17(23)19-18(27)28-16)3-4-11-5-6-12(25-8-14(20)21)13(7-11)26-9-15(22)24-2/h3-7H,8-9H2,1-2H3,(H,20,21)(H,19,23,27). The fourth-order valence-corrected chi connectivity index (χ4v) is 3.11. The Morgan fingerprint density at radius 3 is 2.57 bits per heavy atom. The second-order valence-corrected chi connectivity index (χ2v) is 7.13. The van der Waals surface area contributed by atoms with Gasteiger partial charge in [-0.1, -0.05) is 42.2 Å². The first-order chi connectivity index (χ1) is 13.3. The molecule has 1 heterocycles. The summed E-state index contributed by atoms with van der Waals surface area (Å²) in [4.78, 5) is 34.3. The molecular formula is C18H17NO7S2. The van der Waals surface area contributed by atoms with E-state index in [1.54, 1.807) is 31.2 Å². The lowest BCUT2D eigenvalue weighted by molar-refractivity contribution is -0.143. The summed E-state index contributed by atoms with van der Waals surface area (Å²) in [5.41, 5.74) is 1.42. The number of esters is 1. The molecule has 0 saturated carbocycles. The summed E-state index contributed by atoms with van der Waals surface area (Å²) in [6.07, 6.45) is 3.48. The Bertz CT molecular complexity index is 877. The van der Waals surface area contributed by atoms with Gasteiger partial charge in [-0.3, -0.25) is 4.79 Å². The minimum Gasteiger partial charge on any atom is -0.479 e. The third-order valence-electron chi connectivity index (χ3n) is 3.39. The van der Waals surface area contributed by atoms with E-state index >= 15 is 0 Å². The smallest absolute Gasteiger partial charge is 0.343 e. The van der Waals surface area contributed by atoms with E-state index in [0.29, 0.717) is 14.8 Å². The molecule has 2 N–H and O–H groups in total. The average molecular weight is 423 g/mol. The number of methoxy groups -OCH3 is 1. The van der Waals surface area contributed by atoms with Crippen molar-refractivity contribution in [2.75, 3.05) is 20.3 Å². The number of carbonyl (C=O) groups is 3. The van der Waals surface area contributed by atoms with E-state index in [2.05, 4.69) is 10.1 Å². The summed E-state index contributed by atoms with van der Waals surface area (Å²) in [6.45, 7) is 0.872. The molecule has 0 aliphatic carbocycles. The van der Waals surface area contributed by atoms with Gasteiger partial charge in [0.25, 0.3) is 5.91 Å². The molecular weight excluding hydrogens is 406 g/mol. The first-order valence-corrected chi connectivity index (χ1v) is 9.13. The van der Waals surface area contributed by atoms with Gasteiger partial charge in [0.1, 0.15) is 4.32 Å². The van der Waals surface area contributed by atoms with Crippen molar-refractivity contribution in [3.05, 3.63) is 40.3 Å². The molecule has 8 nitrogen and oxygen atoms in total. The SMILES string of the molecule is COC(=O)COc1cc(C=CC(C)=C2SC(=S)NC2=O)ccc1OCC(=O)O. The van der Waals surface area contributed by atoms with Crippen LogP contribution >= 0.6 is 24.0 Å². The highest BCUT2D eigenvalue weighted by molar-refractivity contribution is 8.26. The second kappa shape index (κ2) is 9.90. The number of hydrogen-bond donors (Lipinski definition) is 2. The largest absolute Gasteiger partial charge is 0.479 e. The number of thiocarbonyl (C=S) groups is 1. The Kier molecular flexibility index (Phi) is 7.59. The van der Waals surface area contributed by atoms with Crippen LogP contribution in [0.5, 0.6) is 11.5 Å². The Morgan fingerprint density at radius 2 is 1.96 bits per heavy atom. The molecule has 1 aliphatic rings. The van der Waals surface area contributed by atoms with Crippen LogP contribution in [0.3, 0.4) is 0 Å². The van der Waals surface area contributed by atoms with Crippen LogP contribution in [0.2, 0.25) is 0 Å². The first kappa shape index (κ1) is 21.5. The predicted molar refractivity (Wildman–Crippen MR) is 107 cm³/mol. The van der Waals surface area contributed by atoms with Gasteiger partial charge in [0.15, 0.2) is 24.7 Å². The van der Waals surface area contributed by atoms with Crippen LogP contribution in [-0.4, -0.2) is 47.6 Å². The van der Waals surface area contributed by atoms with Gasteiger partial charge in [0.2, 0.25) is 0 Å². The summed E-state index contributed by atoms with van der Waals surface area (Å²) in [6, 6.07) is 4.80. The normalized spacial score (nSPS) is 15.4. The molecule has 1 fully saturated rings. The van der Waals surface area contributed by atoms with E-state index in [1.165, 1.54) is 24.9 Å². The van der Waals surface area contributed by atoms with Crippen LogP contribution < -0.4 is 14.8 Å². The van der Waals surface area contributed by atoms with Crippen molar-refractivity contribution in [2.24, 2.45) is 0 Å². The number of ether oxygens (including phenoxy) is 3. The van der Waals surface area contributed by atoms with E-state index in [0.717, 1.165) is 5.57 Å². The summed E-state index contributed by atoms with van der Waals surface area (Å²) in [5.74, 6) is -1.61. The fraction of sp³-hybridized carbons (Fsp3) is 0.222. The number of rotatable bonds is 8. The molecule has 1 aromatic rings. The summed E-state index contributed by atoms with van der Waals surface area (Å²) < 4.78 is 15.5. The summed E-state index contributed by atoms with van der Waals surface area (Å²) in [5, 5.41) is 11.3. The van der Waals surface area contributed by atoms with Crippen LogP contribution in [0, 0.1) is 0 Å². The van der Waals surface area contributed by atoms with Crippen molar-refractivity contribution in [1.29, 1.82) is 0 Å². The highest BCUT2D eigenvalue weighted by atomic mass is 32.2. The topological polar surface area (TPSA) is 111 Å². The highest BCUT2D eigenvalue weighted by Gasteiger charge is 2.23. The zero-order valence-corrected chi connectivity index (χ0v) is 16.6. The van der Waals surface area contributed by atoms with Crippen molar-refractivity contribution in [1.82, 2.24) is 5.32 Å². The quantitative estimate of drug-likeness (QED) is 0.369. The molecule has 0 atom stereocenters. The predicted octanol–water partition coefficient (Wildman–Crippen LogP) is 2.14. The minimum absolute atomic E-state index is 0.176. The molecule has 0 spiro atoms. The van der Waals surface area contributed by atoms with E-state index in [-0.39, 0.29) is 24.0 Å². The number of nitrogens with one attached hydrogen (secondary N) is 1. The number of thioether (sulfide) groups is 1. The van der Waals surface area contributed by atoms with Crippen LogP contribution in [0.1, 0.15) is 12.5 Å². The van der Waals surface area contributed by atoms with Gasteiger partial charge in [-0.25, -0.2) is 9.59 Å². The van der Waals surface area contributed by atoms with E-state index in [9.17, 15) is 14.4 Å². The summed E-state index contributed by atoms with van der Waals surface area (Å²) in [7, 11) is 1.23. The second-order valence-electron chi connectivity index (χ2n) is 5.44. The van der Waals surface area contributed by atoms with Gasteiger partial charge in [-0.2, -0.15) is 0 Å². The number of carbonyl (C=O) groups excluding carboxylic acids is 2. The van der Waals surface area contributed by atoms with Crippen LogP contribution in [0.4, 0.5) is 0 Å². The van der Waals surface area contributed by atoms with Crippen molar-refractivity contribution in [2.45, 2.75) is 6.92 Å². The van der Waals surface area contributed by atoms with Crippen LogP contribution in [0.25, 0.3) is 6.08 Å². The third-order valence-corrected chi connectivity index (χ3v) is 4.74. The van der Waals surface area contributed by atoms with Crippen LogP contribution in [0.15, 0.2) is 34.8 Å². The molecule has 0 radical (unpaired) electrons. The molecule has 1 saturated heterocycles. The van der Waals surface area contributed by atoms with Gasteiger partial charge in [-0.05, 0) is 30.2 Å². The number of benzene rings is 1. The minimum atomic E-state index is -1.14. The number of allylic oxidation sites excluding steroid dienone is 2. The molecule has 0 unspecified atom stereocenters. The van der Waals surface area contributed by atoms with Crippen LogP contribution in [-0.2, 0) is 19.1 Å². The maximum atomic E-state index is 11.8. The lowest BCUT2D eigenvalue weighted by atomic mass is 10.1. The monoisotopic (exact) mass is 423 g/mol. The fourth-order valence-electron chi connectivity index (χ4n) is 2.07. The Morgan fingerprint density at radius 1 is 1.25 bits per heavy atom. The Labute approximate surface area is 170 Å². The Balaban J connectivity index is 2.23. The molecule has 10 heteroatoms. The van der Waals surface area contributed by atoms with Crippen molar-refractivity contribution in [3.63, 3.8) is 0 Å². The number of carboxylic acid groups (broad SMARTS) is 1. The van der Waals surface area contributed by atoms with Gasteiger partial charge < -0.3 is 24.6 Å². The van der Waals surface area contributed by atoms with Gasteiger partial charge in [0, 0.05) is 0 Å². The molecule has 28 heavy (non-hydrogen) atoms. The van der Waals surface area contributed by atoms with Crippen molar-refractivity contribution < 1.29 is 33.7 Å². The number of hydrogen-bond acceptors (Lipinski definition) is 8. The molecule has 1 aromatic carbocycles. The average Bonchev–Trinajstić information content (AvgIpc) is 3.01. The number of aliphatic carboxylic acids is 1. The van der Waals surface area contributed by atoms with E-state index < -0.39 is 18.5 Å². The molecule has 148 valence electrons. The van der Waals surface area contributed by atoms with Gasteiger partial charge in [0.05, 0.1) is 12.0 Å². The third kappa shape index (κ3) is 6.10. The molecule has 2 rings (SSSR count). The van der Waals surface area contributed by atoms with Gasteiger partial charge >= 0.3 is 11.9 Å². The Hall–Kier alpha value is -2.85. The van der Waals surface area contributed by atoms with Gasteiger partial charge in [-0.15, -0.1) is 0 Å². The maximum Gasteiger partial charge on any atom is 0.343 e. The van der Waals surface area contributed by atoms with E-state index in [4.69, 9.17) is 26.8 Å². The number of carboxylic acids is 1. The molecule has 1 amide bonds. The number of amides is 1. The molecule has 1 aliphatic heterocycles. The summed E-state index contributed by atoms with van der Waals surface area (Å²) >= 11 is 6.16. The molecule has 0 bridgehead atoms. The maximum absolute atomic E-state index is 11.8. The van der Waals surface area contributed by atoms with Crippen molar-refractivity contribution in [3.8, 4) is 11.5 Å². The first-order valence-electron chi connectivity index (χ1n) is 7.90. The van der Waals surface area contributed by atoms with E-state index in [1.807, 2.05) is 0 Å². The molecule has 0 aromatic heterocycles.